The number of piperidine rings is 1. The normalized spacial score (nSPS) is 22.3. The molecule has 2 atom stereocenters. The molecule has 0 aromatic heterocycles. The van der Waals surface area contributed by atoms with E-state index < -0.39 is 4.92 Å². The minimum Gasteiger partial charge on any atom is -0.320 e. The number of carbonyl (C=O) groups excluding carboxylic acids is 1. The van der Waals surface area contributed by atoms with Gasteiger partial charge in [-0.3, -0.25) is 14.9 Å². The van der Waals surface area contributed by atoms with Gasteiger partial charge in [0, 0.05) is 18.0 Å². The lowest BCUT2D eigenvalue weighted by atomic mass is 9.92. The maximum Gasteiger partial charge on any atom is 0.292 e. The first-order valence-electron chi connectivity index (χ1n) is 6.76. The quantitative estimate of drug-likeness (QED) is 0.655. The first kappa shape index (κ1) is 14.5. The van der Waals surface area contributed by atoms with E-state index in [-0.39, 0.29) is 23.2 Å². The molecule has 20 heavy (non-hydrogen) atoms. The van der Waals surface area contributed by atoms with E-state index in [1.165, 1.54) is 6.07 Å². The van der Waals surface area contributed by atoms with Crippen LogP contribution in [0, 0.1) is 23.0 Å². The largest absolute Gasteiger partial charge is 0.320 e. The van der Waals surface area contributed by atoms with Gasteiger partial charge in [0.2, 0.25) is 5.91 Å². The number of aryl methyl sites for hydroxylation is 1. The molecule has 0 saturated carbocycles. The minimum atomic E-state index is -0.472. The fourth-order valence-electron chi connectivity index (χ4n) is 2.51. The number of amides is 1. The van der Waals surface area contributed by atoms with E-state index in [0.717, 1.165) is 24.9 Å². The maximum atomic E-state index is 12.2. The number of nitro groups is 1. The van der Waals surface area contributed by atoms with Crippen molar-refractivity contribution in [1.29, 1.82) is 0 Å². The summed E-state index contributed by atoms with van der Waals surface area (Å²) in [5, 5.41) is 17.0. The molecule has 2 N–H and O–H groups in total. The average molecular weight is 277 g/mol. The van der Waals surface area contributed by atoms with Crippen molar-refractivity contribution in [2.24, 2.45) is 5.92 Å². The molecule has 0 bridgehead atoms. The molecule has 1 aliphatic heterocycles. The summed E-state index contributed by atoms with van der Waals surface area (Å²) >= 11 is 0. The Morgan fingerprint density at radius 2 is 2.25 bits per heavy atom. The van der Waals surface area contributed by atoms with Gasteiger partial charge in [-0.1, -0.05) is 6.07 Å². The van der Waals surface area contributed by atoms with Crippen molar-refractivity contribution < 1.29 is 9.72 Å². The first-order valence-corrected chi connectivity index (χ1v) is 6.76. The van der Waals surface area contributed by atoms with Crippen LogP contribution in [-0.2, 0) is 4.79 Å². The van der Waals surface area contributed by atoms with Gasteiger partial charge in [0.05, 0.1) is 4.92 Å². The van der Waals surface area contributed by atoms with Crippen LogP contribution in [0.4, 0.5) is 11.4 Å². The summed E-state index contributed by atoms with van der Waals surface area (Å²) in [6.45, 7) is 4.68. The molecule has 1 amide bonds. The number of nitrogens with zero attached hydrogens (tertiary/aromatic N) is 1. The van der Waals surface area contributed by atoms with Crippen molar-refractivity contribution in [3.05, 3.63) is 33.9 Å². The molecule has 2 rings (SSSR count). The highest BCUT2D eigenvalue weighted by Gasteiger charge is 2.26. The minimum absolute atomic E-state index is 0.0640. The average Bonchev–Trinajstić information content (AvgIpc) is 2.38. The van der Waals surface area contributed by atoms with Crippen LogP contribution < -0.4 is 10.6 Å². The summed E-state index contributed by atoms with van der Waals surface area (Å²) in [6.07, 6.45) is 1.52. The summed E-state index contributed by atoms with van der Waals surface area (Å²) in [6, 6.07) is 5.03. The second-order valence-corrected chi connectivity index (χ2v) is 5.34. The van der Waals surface area contributed by atoms with Crippen LogP contribution in [0.15, 0.2) is 18.2 Å². The molecular weight excluding hydrogens is 258 g/mol. The van der Waals surface area contributed by atoms with Crippen LogP contribution in [0.25, 0.3) is 0 Å². The van der Waals surface area contributed by atoms with E-state index in [0.29, 0.717) is 6.04 Å². The van der Waals surface area contributed by atoms with Crippen LogP contribution in [0.2, 0.25) is 0 Å². The summed E-state index contributed by atoms with van der Waals surface area (Å²) in [4.78, 5) is 22.8. The topological polar surface area (TPSA) is 84.3 Å². The first-order chi connectivity index (χ1) is 9.47. The molecule has 1 saturated heterocycles. The van der Waals surface area contributed by atoms with Gasteiger partial charge in [0.15, 0.2) is 0 Å². The molecule has 1 heterocycles. The standard InChI is InChI=1S/C14H19N3O3/c1-9-3-4-13(17(19)20)12(7-9)16-14(18)11-5-6-15-10(2)8-11/h3-4,7,10-11,15H,5-6,8H2,1-2H3,(H,16,18). The predicted molar refractivity (Wildman–Crippen MR) is 76.7 cm³/mol. The molecule has 1 aliphatic rings. The zero-order chi connectivity index (χ0) is 14.7. The van der Waals surface area contributed by atoms with E-state index in [1.54, 1.807) is 12.1 Å². The van der Waals surface area contributed by atoms with Gasteiger partial charge < -0.3 is 10.6 Å². The highest BCUT2D eigenvalue weighted by molar-refractivity contribution is 5.94. The second-order valence-electron chi connectivity index (χ2n) is 5.34. The third-order valence-electron chi connectivity index (χ3n) is 3.60. The van der Waals surface area contributed by atoms with Crippen LogP contribution in [0.3, 0.4) is 0 Å². The second kappa shape index (κ2) is 6.00. The lowest BCUT2D eigenvalue weighted by Crippen LogP contribution is -2.40. The van der Waals surface area contributed by atoms with Crippen molar-refractivity contribution in [3.63, 3.8) is 0 Å². The van der Waals surface area contributed by atoms with E-state index in [1.807, 2.05) is 13.8 Å². The van der Waals surface area contributed by atoms with Crippen molar-refractivity contribution in [2.45, 2.75) is 32.7 Å². The van der Waals surface area contributed by atoms with Crippen molar-refractivity contribution in [1.82, 2.24) is 5.32 Å². The van der Waals surface area contributed by atoms with Crippen LogP contribution in [0.1, 0.15) is 25.3 Å². The number of hydrogen-bond donors (Lipinski definition) is 2. The molecule has 0 aliphatic carbocycles. The Kier molecular flexibility index (Phi) is 4.34. The molecular formula is C14H19N3O3. The molecule has 1 fully saturated rings. The van der Waals surface area contributed by atoms with Crippen molar-refractivity contribution in [3.8, 4) is 0 Å². The number of hydrogen-bond acceptors (Lipinski definition) is 4. The molecule has 108 valence electrons. The van der Waals surface area contributed by atoms with Crippen molar-refractivity contribution in [2.75, 3.05) is 11.9 Å². The zero-order valence-electron chi connectivity index (χ0n) is 11.7. The van der Waals surface area contributed by atoms with Gasteiger partial charge in [-0.2, -0.15) is 0 Å². The lowest BCUT2D eigenvalue weighted by Gasteiger charge is -2.27. The van der Waals surface area contributed by atoms with E-state index >= 15 is 0 Å². The lowest BCUT2D eigenvalue weighted by molar-refractivity contribution is -0.383. The van der Waals surface area contributed by atoms with Gasteiger partial charge in [0.1, 0.15) is 5.69 Å². The van der Waals surface area contributed by atoms with E-state index in [4.69, 9.17) is 0 Å². The fourth-order valence-corrected chi connectivity index (χ4v) is 2.51. The summed E-state index contributed by atoms with van der Waals surface area (Å²) in [7, 11) is 0. The zero-order valence-corrected chi connectivity index (χ0v) is 11.7. The number of carbonyl (C=O) groups is 1. The smallest absolute Gasteiger partial charge is 0.292 e. The Morgan fingerprint density at radius 1 is 1.50 bits per heavy atom. The van der Waals surface area contributed by atoms with Gasteiger partial charge in [-0.15, -0.1) is 0 Å². The highest BCUT2D eigenvalue weighted by atomic mass is 16.6. The Bertz CT molecular complexity index is 530. The molecule has 2 unspecified atom stereocenters. The number of nitro benzene ring substituents is 1. The highest BCUT2D eigenvalue weighted by Crippen LogP contribution is 2.27. The maximum absolute atomic E-state index is 12.2. The van der Waals surface area contributed by atoms with Crippen LogP contribution >= 0.6 is 0 Å². The molecule has 1 aromatic carbocycles. The number of anilines is 1. The predicted octanol–water partition coefficient (Wildman–Crippen LogP) is 2.23. The monoisotopic (exact) mass is 277 g/mol. The van der Waals surface area contributed by atoms with Crippen LogP contribution in [-0.4, -0.2) is 23.4 Å². The Hall–Kier alpha value is -1.95. The van der Waals surface area contributed by atoms with Gasteiger partial charge in [-0.05, 0) is 44.9 Å². The molecule has 0 spiro atoms. The molecule has 6 nitrogen and oxygen atoms in total. The van der Waals surface area contributed by atoms with Crippen molar-refractivity contribution >= 4 is 17.3 Å². The number of benzene rings is 1. The molecule has 1 aromatic rings. The Balaban J connectivity index is 2.14. The van der Waals surface area contributed by atoms with E-state index in [2.05, 4.69) is 10.6 Å². The third-order valence-corrected chi connectivity index (χ3v) is 3.60. The van der Waals surface area contributed by atoms with Gasteiger partial charge in [0.25, 0.3) is 5.69 Å². The third kappa shape index (κ3) is 3.33. The van der Waals surface area contributed by atoms with Crippen LogP contribution in [0.5, 0.6) is 0 Å². The van der Waals surface area contributed by atoms with E-state index in [9.17, 15) is 14.9 Å². The summed E-state index contributed by atoms with van der Waals surface area (Å²) < 4.78 is 0. The summed E-state index contributed by atoms with van der Waals surface area (Å²) in [5.41, 5.74) is 1.10. The Labute approximate surface area is 117 Å². The SMILES string of the molecule is Cc1ccc([N+](=O)[O-])c(NC(=O)C2CCNC(C)C2)c1. The number of nitrogens with one attached hydrogen (secondary N) is 2. The van der Waals surface area contributed by atoms with Gasteiger partial charge in [-0.25, -0.2) is 0 Å². The number of rotatable bonds is 3. The Morgan fingerprint density at radius 3 is 2.90 bits per heavy atom. The summed E-state index contributed by atoms with van der Waals surface area (Å²) in [5.74, 6) is -0.224. The molecule has 6 heteroatoms. The fraction of sp³-hybridized carbons (Fsp3) is 0.500. The van der Waals surface area contributed by atoms with Gasteiger partial charge >= 0.3 is 0 Å². The molecule has 0 radical (unpaired) electrons.